The molecule has 1 heterocycles. The van der Waals surface area contributed by atoms with E-state index in [4.69, 9.17) is 21.1 Å². The fraction of sp³-hybridized carbons (Fsp3) is 0.381. The molecular weight excluding hydrogens is 428 g/mol. The highest BCUT2D eigenvalue weighted by molar-refractivity contribution is 7.89. The van der Waals surface area contributed by atoms with Crippen LogP contribution in [-0.4, -0.2) is 51.7 Å². The van der Waals surface area contributed by atoms with Gasteiger partial charge in [0.25, 0.3) is 5.91 Å². The third kappa shape index (κ3) is 5.24. The maximum atomic E-state index is 12.8. The molecular formula is C21H25ClN2O5S. The number of hydrogen-bond donors (Lipinski definition) is 1. The van der Waals surface area contributed by atoms with E-state index in [-0.39, 0.29) is 18.2 Å². The van der Waals surface area contributed by atoms with Crippen molar-refractivity contribution in [2.45, 2.75) is 19.4 Å². The maximum Gasteiger partial charge on any atom is 0.251 e. The molecule has 9 heteroatoms. The maximum absolute atomic E-state index is 12.8. The summed E-state index contributed by atoms with van der Waals surface area (Å²) in [5, 5.41) is 3.21. The van der Waals surface area contributed by atoms with Gasteiger partial charge in [0.2, 0.25) is 10.0 Å². The smallest absolute Gasteiger partial charge is 0.251 e. The minimum atomic E-state index is -3.44. The molecule has 0 spiro atoms. The summed E-state index contributed by atoms with van der Waals surface area (Å²) in [6, 6.07) is 10.4. The number of nitrogens with one attached hydrogen (secondary N) is 1. The molecule has 0 aromatic heterocycles. The van der Waals surface area contributed by atoms with E-state index >= 15 is 0 Å². The summed E-state index contributed by atoms with van der Waals surface area (Å²) in [5.74, 6) is 0.913. The van der Waals surface area contributed by atoms with Crippen LogP contribution >= 0.6 is 11.6 Å². The number of nitrogens with zero attached hydrogens (tertiary/aromatic N) is 1. The fourth-order valence-corrected chi connectivity index (χ4v) is 5.07. The molecule has 1 N–H and O–H groups in total. The van der Waals surface area contributed by atoms with Gasteiger partial charge in [-0.3, -0.25) is 4.79 Å². The average molecular weight is 453 g/mol. The summed E-state index contributed by atoms with van der Waals surface area (Å²) in [4.78, 5) is 12.1. The minimum absolute atomic E-state index is 0.0363. The van der Waals surface area contributed by atoms with E-state index in [0.717, 1.165) is 11.1 Å². The number of carbonyl (C=O) groups excluding carboxylic acids is 1. The van der Waals surface area contributed by atoms with Crippen LogP contribution in [0.3, 0.4) is 0 Å². The summed E-state index contributed by atoms with van der Waals surface area (Å²) in [5.41, 5.74) is 2.42. The first-order valence-corrected chi connectivity index (χ1v) is 11.6. The molecule has 0 saturated heterocycles. The van der Waals surface area contributed by atoms with Crippen LogP contribution in [0.1, 0.15) is 27.9 Å². The average Bonchev–Trinajstić information content (AvgIpc) is 2.75. The van der Waals surface area contributed by atoms with Gasteiger partial charge >= 0.3 is 0 Å². The van der Waals surface area contributed by atoms with Crippen molar-refractivity contribution in [2.24, 2.45) is 0 Å². The van der Waals surface area contributed by atoms with Crippen LogP contribution < -0.4 is 14.8 Å². The Labute approximate surface area is 182 Å². The van der Waals surface area contributed by atoms with Crippen molar-refractivity contribution >= 4 is 27.5 Å². The summed E-state index contributed by atoms with van der Waals surface area (Å²) >= 11 is 5.89. The highest BCUT2D eigenvalue weighted by Gasteiger charge is 2.27. The molecule has 0 saturated carbocycles. The number of benzene rings is 2. The monoisotopic (exact) mass is 452 g/mol. The molecule has 0 aliphatic carbocycles. The Bertz CT molecular complexity index is 1030. The largest absolute Gasteiger partial charge is 0.493 e. The van der Waals surface area contributed by atoms with Crippen LogP contribution in [0.5, 0.6) is 11.5 Å². The zero-order valence-corrected chi connectivity index (χ0v) is 18.6. The van der Waals surface area contributed by atoms with E-state index < -0.39 is 10.0 Å². The van der Waals surface area contributed by atoms with Gasteiger partial charge in [0.1, 0.15) is 0 Å². The molecule has 30 heavy (non-hydrogen) atoms. The highest BCUT2D eigenvalue weighted by atomic mass is 35.5. The molecule has 1 amide bonds. The number of amides is 1. The number of sulfonamides is 1. The molecule has 0 unspecified atom stereocenters. The molecule has 2 aromatic carbocycles. The third-order valence-electron chi connectivity index (χ3n) is 5.03. The summed E-state index contributed by atoms with van der Waals surface area (Å²) < 4.78 is 37.7. The first-order valence-electron chi connectivity index (χ1n) is 9.59. The zero-order chi connectivity index (χ0) is 21.7. The Hall–Kier alpha value is -2.29. The molecule has 0 atom stereocenters. The van der Waals surface area contributed by atoms with Gasteiger partial charge < -0.3 is 14.8 Å². The predicted molar refractivity (Wildman–Crippen MR) is 116 cm³/mol. The quantitative estimate of drug-likeness (QED) is 0.622. The van der Waals surface area contributed by atoms with Crippen molar-refractivity contribution in [3.63, 3.8) is 0 Å². The lowest BCUT2D eigenvalue weighted by Gasteiger charge is -2.29. The lowest BCUT2D eigenvalue weighted by molar-refractivity contribution is 0.0953. The first kappa shape index (κ1) is 22.4. The van der Waals surface area contributed by atoms with Crippen molar-refractivity contribution in [2.75, 3.05) is 33.1 Å². The van der Waals surface area contributed by atoms with Crippen molar-refractivity contribution < 1.29 is 22.7 Å². The van der Waals surface area contributed by atoms with Crippen molar-refractivity contribution in [1.29, 1.82) is 0 Å². The summed E-state index contributed by atoms with van der Waals surface area (Å²) in [6.07, 6.45) is 0.935. The van der Waals surface area contributed by atoms with Crippen molar-refractivity contribution in [3.05, 3.63) is 58.1 Å². The summed E-state index contributed by atoms with van der Waals surface area (Å²) in [7, 11) is -0.309. The van der Waals surface area contributed by atoms with Crippen LogP contribution in [0.15, 0.2) is 36.4 Å². The number of halogens is 1. The number of rotatable bonds is 8. The topological polar surface area (TPSA) is 84.9 Å². The SMILES string of the molecule is COc1cc2c(cc1OC)CN(S(=O)(=O)CCCNC(=O)c1cccc(Cl)c1)CC2. The van der Waals surface area contributed by atoms with E-state index in [1.54, 1.807) is 38.5 Å². The van der Waals surface area contributed by atoms with E-state index in [1.807, 2.05) is 12.1 Å². The second-order valence-corrected chi connectivity index (χ2v) is 9.52. The number of hydrogen-bond acceptors (Lipinski definition) is 5. The second kappa shape index (κ2) is 9.68. The number of carbonyl (C=O) groups is 1. The Morgan fingerprint density at radius 3 is 2.50 bits per heavy atom. The van der Waals surface area contributed by atoms with Crippen molar-refractivity contribution in [1.82, 2.24) is 9.62 Å². The van der Waals surface area contributed by atoms with Crippen molar-refractivity contribution in [3.8, 4) is 11.5 Å². The van der Waals surface area contributed by atoms with Gasteiger partial charge in [-0.1, -0.05) is 17.7 Å². The van der Waals surface area contributed by atoms with E-state index in [2.05, 4.69) is 5.32 Å². The normalized spacial score (nSPS) is 14.1. The van der Waals surface area contributed by atoms with Gasteiger partial charge in [-0.15, -0.1) is 0 Å². The second-order valence-electron chi connectivity index (χ2n) is 7.00. The molecule has 2 aromatic rings. The molecule has 0 fully saturated rings. The first-order chi connectivity index (χ1) is 14.3. The van der Waals surface area contributed by atoms with Gasteiger partial charge in [0.05, 0.1) is 20.0 Å². The number of fused-ring (bicyclic) bond motifs is 1. The third-order valence-corrected chi connectivity index (χ3v) is 7.17. The molecule has 162 valence electrons. The number of ether oxygens (including phenoxy) is 2. The number of methoxy groups -OCH3 is 2. The zero-order valence-electron chi connectivity index (χ0n) is 17.0. The Morgan fingerprint density at radius 2 is 1.83 bits per heavy atom. The Morgan fingerprint density at radius 1 is 1.13 bits per heavy atom. The molecule has 0 bridgehead atoms. The van der Waals surface area contributed by atoms with Gasteiger partial charge in [-0.05, 0) is 54.3 Å². The van der Waals surface area contributed by atoms with Gasteiger partial charge in [-0.25, -0.2) is 8.42 Å². The van der Waals surface area contributed by atoms with Crippen LogP contribution in [0, 0.1) is 0 Å². The molecule has 7 nitrogen and oxygen atoms in total. The van der Waals surface area contributed by atoms with E-state index in [0.29, 0.717) is 48.0 Å². The lowest BCUT2D eigenvalue weighted by Crippen LogP contribution is -2.38. The lowest BCUT2D eigenvalue weighted by atomic mass is 10.0. The van der Waals surface area contributed by atoms with Gasteiger partial charge in [0.15, 0.2) is 11.5 Å². The van der Waals surface area contributed by atoms with Crippen LogP contribution in [0.2, 0.25) is 5.02 Å². The van der Waals surface area contributed by atoms with Gasteiger partial charge in [-0.2, -0.15) is 4.31 Å². The van der Waals surface area contributed by atoms with Gasteiger partial charge in [0, 0.05) is 30.2 Å². The van der Waals surface area contributed by atoms with Crippen LogP contribution in [0.4, 0.5) is 0 Å². The predicted octanol–water partition coefficient (Wildman–Crippen LogP) is 2.87. The minimum Gasteiger partial charge on any atom is -0.493 e. The Balaban J connectivity index is 1.56. The van der Waals surface area contributed by atoms with E-state index in [9.17, 15) is 13.2 Å². The summed E-state index contributed by atoms with van der Waals surface area (Å²) in [6.45, 7) is 0.979. The molecule has 3 rings (SSSR count). The van der Waals surface area contributed by atoms with Crippen LogP contribution in [-0.2, 0) is 23.0 Å². The molecule has 0 radical (unpaired) electrons. The molecule has 1 aliphatic rings. The highest BCUT2D eigenvalue weighted by Crippen LogP contribution is 2.33. The van der Waals surface area contributed by atoms with Crippen LogP contribution in [0.25, 0.3) is 0 Å². The Kier molecular flexibility index (Phi) is 7.23. The molecule has 1 aliphatic heterocycles. The van der Waals surface area contributed by atoms with E-state index in [1.165, 1.54) is 4.31 Å². The standard InChI is InChI=1S/C21H25ClN2O5S/c1-28-19-12-15-7-9-24(14-17(15)13-20(19)29-2)30(26,27)10-4-8-23-21(25)16-5-3-6-18(22)11-16/h3,5-6,11-13H,4,7-10,14H2,1-2H3,(H,23,25). The fourth-order valence-electron chi connectivity index (χ4n) is 3.41.